The van der Waals surface area contributed by atoms with Crippen LogP contribution in [-0.2, 0) is 14.3 Å². The normalized spacial score (nSPS) is 28.4. The fraction of sp³-hybridized carbons (Fsp3) is 0.857. The number of nitrogens with zero attached hydrogens (tertiary/aromatic N) is 1. The first kappa shape index (κ1) is 14.3. The quantitative estimate of drug-likeness (QED) is 0.811. The van der Waals surface area contributed by atoms with Gasteiger partial charge >= 0.3 is 0 Å². The third kappa shape index (κ3) is 3.93. The highest BCUT2D eigenvalue weighted by Gasteiger charge is 2.28. The molecule has 2 atom stereocenters. The van der Waals surface area contributed by atoms with Crippen molar-refractivity contribution < 1.29 is 14.3 Å². The van der Waals surface area contributed by atoms with Gasteiger partial charge in [0.15, 0.2) is 0 Å². The standard InChI is InChI=1S/C14H24N2O3/c1-2-12-14(18)16(9-7-13(17)15-12)8-3-5-11-6-4-10-19-11/h11-12H,2-10H2,1H3,(H,15,17). The van der Waals surface area contributed by atoms with Gasteiger partial charge < -0.3 is 15.0 Å². The molecule has 0 aromatic heterocycles. The first-order chi connectivity index (χ1) is 9.20. The maximum absolute atomic E-state index is 12.2. The van der Waals surface area contributed by atoms with E-state index in [9.17, 15) is 9.59 Å². The van der Waals surface area contributed by atoms with Crippen LogP contribution in [0.3, 0.4) is 0 Å². The van der Waals surface area contributed by atoms with E-state index >= 15 is 0 Å². The molecule has 2 unspecified atom stereocenters. The van der Waals surface area contributed by atoms with Crippen molar-refractivity contribution in [2.75, 3.05) is 19.7 Å². The van der Waals surface area contributed by atoms with Crippen molar-refractivity contribution in [3.05, 3.63) is 0 Å². The first-order valence-electron chi connectivity index (χ1n) is 7.40. The summed E-state index contributed by atoms with van der Waals surface area (Å²) in [6.45, 7) is 4.10. The third-order valence-electron chi connectivity index (χ3n) is 3.94. The average molecular weight is 268 g/mol. The second kappa shape index (κ2) is 6.89. The SMILES string of the molecule is CCC1NC(=O)CCN(CCCC2CCCO2)C1=O. The highest BCUT2D eigenvalue weighted by molar-refractivity contribution is 5.89. The molecule has 2 aliphatic heterocycles. The van der Waals surface area contributed by atoms with Crippen molar-refractivity contribution in [1.82, 2.24) is 10.2 Å². The Bertz CT molecular complexity index is 327. The summed E-state index contributed by atoms with van der Waals surface area (Å²) in [6.07, 6.45) is 5.73. The fourth-order valence-electron chi connectivity index (χ4n) is 2.78. The predicted octanol–water partition coefficient (Wildman–Crippen LogP) is 1.07. The monoisotopic (exact) mass is 268 g/mol. The molecule has 2 saturated heterocycles. The number of carbonyl (C=O) groups is 2. The minimum atomic E-state index is -0.335. The number of carbonyl (C=O) groups excluding carboxylic acids is 2. The summed E-state index contributed by atoms with van der Waals surface area (Å²) in [5, 5.41) is 2.78. The van der Waals surface area contributed by atoms with Gasteiger partial charge in [-0.2, -0.15) is 0 Å². The second-order valence-corrected chi connectivity index (χ2v) is 5.38. The lowest BCUT2D eigenvalue weighted by molar-refractivity contribution is -0.133. The molecule has 0 spiro atoms. The molecule has 0 aliphatic carbocycles. The van der Waals surface area contributed by atoms with Gasteiger partial charge in [0.25, 0.3) is 0 Å². The molecule has 2 amide bonds. The largest absolute Gasteiger partial charge is 0.378 e. The van der Waals surface area contributed by atoms with Crippen molar-refractivity contribution in [3.63, 3.8) is 0 Å². The Morgan fingerprint density at radius 1 is 1.42 bits per heavy atom. The Morgan fingerprint density at radius 2 is 2.26 bits per heavy atom. The zero-order valence-electron chi connectivity index (χ0n) is 11.7. The Hall–Kier alpha value is -1.10. The third-order valence-corrected chi connectivity index (χ3v) is 3.94. The van der Waals surface area contributed by atoms with Gasteiger partial charge in [0, 0.05) is 26.1 Å². The van der Waals surface area contributed by atoms with E-state index < -0.39 is 0 Å². The minimum absolute atomic E-state index is 0.0122. The van der Waals surface area contributed by atoms with E-state index in [1.807, 2.05) is 11.8 Å². The average Bonchev–Trinajstić information content (AvgIpc) is 2.87. The van der Waals surface area contributed by atoms with Crippen LogP contribution in [0.15, 0.2) is 0 Å². The van der Waals surface area contributed by atoms with Crippen molar-refractivity contribution in [1.29, 1.82) is 0 Å². The van der Waals surface area contributed by atoms with Crippen molar-refractivity contribution in [2.24, 2.45) is 0 Å². The van der Waals surface area contributed by atoms with E-state index in [0.29, 0.717) is 25.5 Å². The van der Waals surface area contributed by atoms with Crippen molar-refractivity contribution >= 4 is 11.8 Å². The van der Waals surface area contributed by atoms with Crippen LogP contribution in [0.4, 0.5) is 0 Å². The van der Waals surface area contributed by atoms with Gasteiger partial charge in [-0.1, -0.05) is 6.92 Å². The lowest BCUT2D eigenvalue weighted by Gasteiger charge is -2.23. The zero-order chi connectivity index (χ0) is 13.7. The van der Waals surface area contributed by atoms with E-state index in [-0.39, 0.29) is 17.9 Å². The molecular weight excluding hydrogens is 244 g/mol. The van der Waals surface area contributed by atoms with Crippen molar-refractivity contribution in [3.8, 4) is 0 Å². The number of ether oxygens (including phenoxy) is 1. The van der Waals surface area contributed by atoms with Gasteiger partial charge in [0.2, 0.25) is 11.8 Å². The maximum atomic E-state index is 12.2. The molecule has 2 heterocycles. The lowest BCUT2D eigenvalue weighted by atomic mass is 10.1. The zero-order valence-corrected chi connectivity index (χ0v) is 11.7. The molecule has 19 heavy (non-hydrogen) atoms. The van der Waals surface area contributed by atoms with E-state index in [1.54, 1.807) is 0 Å². The van der Waals surface area contributed by atoms with Crippen LogP contribution in [-0.4, -0.2) is 48.6 Å². The highest BCUT2D eigenvalue weighted by atomic mass is 16.5. The molecule has 108 valence electrons. The number of rotatable bonds is 5. The fourth-order valence-corrected chi connectivity index (χ4v) is 2.78. The topological polar surface area (TPSA) is 58.6 Å². The molecule has 5 nitrogen and oxygen atoms in total. The van der Waals surface area contributed by atoms with Crippen molar-refractivity contribution in [2.45, 2.75) is 57.6 Å². The van der Waals surface area contributed by atoms with Gasteiger partial charge in [0.1, 0.15) is 6.04 Å². The summed E-state index contributed by atoms with van der Waals surface area (Å²) in [7, 11) is 0. The van der Waals surface area contributed by atoms with Crippen LogP contribution < -0.4 is 5.32 Å². The second-order valence-electron chi connectivity index (χ2n) is 5.38. The van der Waals surface area contributed by atoms with Gasteiger partial charge in [-0.3, -0.25) is 9.59 Å². The molecule has 0 aromatic rings. The molecule has 2 fully saturated rings. The molecule has 0 bridgehead atoms. The molecule has 0 saturated carbocycles. The van der Waals surface area contributed by atoms with Crippen LogP contribution >= 0.6 is 0 Å². The van der Waals surface area contributed by atoms with E-state index in [2.05, 4.69) is 5.32 Å². The molecule has 2 aliphatic rings. The molecule has 2 rings (SSSR count). The number of hydrogen-bond donors (Lipinski definition) is 1. The van der Waals surface area contributed by atoms with E-state index in [1.165, 1.54) is 0 Å². The van der Waals surface area contributed by atoms with E-state index in [4.69, 9.17) is 4.74 Å². The van der Waals surface area contributed by atoms with Crippen LogP contribution in [0.25, 0.3) is 0 Å². The molecule has 0 aromatic carbocycles. The van der Waals surface area contributed by atoms with Gasteiger partial charge in [0.05, 0.1) is 6.10 Å². The first-order valence-corrected chi connectivity index (χ1v) is 7.40. The Labute approximate surface area is 114 Å². The Balaban J connectivity index is 1.80. The Kier molecular flexibility index (Phi) is 5.19. The van der Waals surface area contributed by atoms with Crippen LogP contribution in [0.1, 0.15) is 45.4 Å². The molecule has 0 radical (unpaired) electrons. The summed E-state index contributed by atoms with van der Waals surface area (Å²) in [5.74, 6) is 0.0579. The smallest absolute Gasteiger partial charge is 0.245 e. The highest BCUT2D eigenvalue weighted by Crippen LogP contribution is 2.17. The van der Waals surface area contributed by atoms with Gasteiger partial charge in [-0.05, 0) is 32.1 Å². The summed E-state index contributed by atoms with van der Waals surface area (Å²) in [6, 6.07) is -0.335. The lowest BCUT2D eigenvalue weighted by Crippen LogP contribution is -2.44. The summed E-state index contributed by atoms with van der Waals surface area (Å²) in [4.78, 5) is 25.6. The minimum Gasteiger partial charge on any atom is -0.378 e. The van der Waals surface area contributed by atoms with Crippen LogP contribution in [0, 0.1) is 0 Å². The summed E-state index contributed by atoms with van der Waals surface area (Å²) >= 11 is 0. The van der Waals surface area contributed by atoms with Gasteiger partial charge in [-0.25, -0.2) is 0 Å². The summed E-state index contributed by atoms with van der Waals surface area (Å²) in [5.41, 5.74) is 0. The van der Waals surface area contributed by atoms with Crippen LogP contribution in [0.2, 0.25) is 0 Å². The van der Waals surface area contributed by atoms with Gasteiger partial charge in [-0.15, -0.1) is 0 Å². The number of amides is 2. The number of nitrogens with one attached hydrogen (secondary N) is 1. The number of hydrogen-bond acceptors (Lipinski definition) is 3. The van der Waals surface area contributed by atoms with Crippen LogP contribution in [0.5, 0.6) is 0 Å². The van der Waals surface area contributed by atoms with E-state index in [0.717, 1.165) is 38.8 Å². The molecule has 1 N–H and O–H groups in total. The predicted molar refractivity (Wildman–Crippen MR) is 71.6 cm³/mol. The summed E-state index contributed by atoms with van der Waals surface area (Å²) < 4.78 is 5.58. The maximum Gasteiger partial charge on any atom is 0.245 e. The Morgan fingerprint density at radius 3 is 2.95 bits per heavy atom. The molecular formula is C14H24N2O3. The molecule has 5 heteroatoms.